The van der Waals surface area contributed by atoms with Crippen LogP contribution in [0.15, 0.2) is 0 Å². The predicted octanol–water partition coefficient (Wildman–Crippen LogP) is 1.84. The maximum atomic E-state index is 10.5. The van der Waals surface area contributed by atoms with E-state index >= 15 is 0 Å². The first kappa shape index (κ1) is 9.73. The molecule has 13 heavy (non-hydrogen) atoms. The lowest BCUT2D eigenvalue weighted by molar-refractivity contribution is -0.384. The Morgan fingerprint density at radius 3 is 2.54 bits per heavy atom. The molecule has 0 aliphatic rings. The van der Waals surface area contributed by atoms with Crippen LogP contribution in [-0.4, -0.2) is 9.91 Å². The quantitative estimate of drug-likeness (QED) is 0.555. The molecule has 0 bridgehead atoms. The van der Waals surface area contributed by atoms with Crippen molar-refractivity contribution in [3.8, 4) is 0 Å². The Bertz CT molecular complexity index is 378. The van der Waals surface area contributed by atoms with Gasteiger partial charge in [-0.15, -0.1) is 0 Å². The molecule has 0 aromatic carbocycles. The fraction of sp³-hybridized carbons (Fsp3) is 0.286. The van der Waals surface area contributed by atoms with Crippen molar-refractivity contribution < 1.29 is 4.92 Å². The molecule has 0 aliphatic heterocycles. The molecule has 0 amide bonds. The lowest BCUT2D eigenvalue weighted by atomic mass is 10.2. The van der Waals surface area contributed by atoms with Crippen LogP contribution in [0, 0.1) is 24.0 Å². The van der Waals surface area contributed by atoms with Crippen LogP contribution in [0.25, 0.3) is 0 Å². The van der Waals surface area contributed by atoms with Gasteiger partial charge in [-0.25, -0.2) is 4.98 Å². The summed E-state index contributed by atoms with van der Waals surface area (Å²) in [6, 6.07) is 0. The van der Waals surface area contributed by atoms with Gasteiger partial charge in [0.25, 0.3) is 0 Å². The highest BCUT2D eigenvalue weighted by Gasteiger charge is 2.20. The Morgan fingerprint density at radius 1 is 1.54 bits per heavy atom. The topological polar surface area (TPSA) is 82.0 Å². The van der Waals surface area contributed by atoms with Gasteiger partial charge in [-0.05, 0) is 13.8 Å². The Labute approximate surface area is 79.7 Å². The second-order valence-corrected chi connectivity index (χ2v) is 3.01. The molecule has 1 heterocycles. The molecular weight excluding hydrogens is 194 g/mol. The second kappa shape index (κ2) is 3.18. The van der Waals surface area contributed by atoms with Gasteiger partial charge in [-0.1, -0.05) is 11.6 Å². The van der Waals surface area contributed by atoms with Crippen LogP contribution >= 0.6 is 11.6 Å². The van der Waals surface area contributed by atoms with Crippen LogP contribution in [0.5, 0.6) is 0 Å². The second-order valence-electron chi connectivity index (χ2n) is 2.63. The third kappa shape index (κ3) is 1.55. The van der Waals surface area contributed by atoms with Crippen molar-refractivity contribution in [2.45, 2.75) is 13.8 Å². The normalized spacial score (nSPS) is 10.1. The molecule has 70 valence electrons. The predicted molar refractivity (Wildman–Crippen MR) is 49.8 cm³/mol. The van der Waals surface area contributed by atoms with Gasteiger partial charge in [0.15, 0.2) is 0 Å². The molecule has 0 saturated carbocycles. The summed E-state index contributed by atoms with van der Waals surface area (Å²) in [5, 5.41) is 10.8. The Balaban J connectivity index is 3.53. The summed E-state index contributed by atoms with van der Waals surface area (Å²) in [5.41, 5.74) is 6.03. The molecule has 6 heteroatoms. The van der Waals surface area contributed by atoms with Crippen molar-refractivity contribution in [2.24, 2.45) is 0 Å². The van der Waals surface area contributed by atoms with Gasteiger partial charge in [0.1, 0.15) is 0 Å². The van der Waals surface area contributed by atoms with Gasteiger partial charge < -0.3 is 5.73 Å². The molecule has 0 saturated heterocycles. The lowest BCUT2D eigenvalue weighted by Gasteiger charge is -2.04. The lowest BCUT2D eigenvalue weighted by Crippen LogP contribution is -2.03. The Morgan fingerprint density at radius 2 is 2.08 bits per heavy atom. The Hall–Kier alpha value is -1.36. The molecule has 0 radical (unpaired) electrons. The van der Waals surface area contributed by atoms with Crippen molar-refractivity contribution in [3.63, 3.8) is 0 Å². The van der Waals surface area contributed by atoms with Crippen LogP contribution < -0.4 is 5.73 Å². The number of pyridine rings is 1. The molecule has 0 spiro atoms. The third-order valence-corrected chi connectivity index (χ3v) is 2.27. The minimum Gasteiger partial charge on any atom is -0.378 e. The maximum Gasteiger partial charge on any atom is 0.315 e. The summed E-state index contributed by atoms with van der Waals surface area (Å²) < 4.78 is 0. The van der Waals surface area contributed by atoms with E-state index in [9.17, 15) is 10.1 Å². The molecule has 5 nitrogen and oxygen atoms in total. The average Bonchev–Trinajstić information content (AvgIpc) is 1.99. The first-order valence-corrected chi connectivity index (χ1v) is 3.89. The average molecular weight is 202 g/mol. The smallest absolute Gasteiger partial charge is 0.315 e. The van der Waals surface area contributed by atoms with Crippen molar-refractivity contribution in [2.75, 3.05) is 5.73 Å². The molecule has 0 atom stereocenters. The van der Waals surface area contributed by atoms with E-state index in [2.05, 4.69) is 4.98 Å². The van der Waals surface area contributed by atoms with Gasteiger partial charge in [-0.2, -0.15) is 0 Å². The minimum absolute atomic E-state index is 0.0931. The van der Waals surface area contributed by atoms with E-state index in [1.807, 2.05) is 0 Å². The van der Waals surface area contributed by atoms with Crippen molar-refractivity contribution in [1.82, 2.24) is 4.98 Å². The molecule has 1 rings (SSSR count). The molecule has 1 aromatic heterocycles. The number of nitrogens with zero attached hydrogens (tertiary/aromatic N) is 2. The fourth-order valence-corrected chi connectivity index (χ4v) is 1.21. The SMILES string of the molecule is Cc1nc(N)c([N+](=O)[O-])c(C)c1Cl. The summed E-state index contributed by atoms with van der Waals surface area (Å²) in [6.07, 6.45) is 0. The van der Waals surface area contributed by atoms with Crippen molar-refractivity contribution in [3.05, 3.63) is 26.4 Å². The van der Waals surface area contributed by atoms with E-state index in [0.717, 1.165) is 0 Å². The highest BCUT2D eigenvalue weighted by molar-refractivity contribution is 6.32. The highest BCUT2D eigenvalue weighted by Crippen LogP contribution is 2.31. The summed E-state index contributed by atoms with van der Waals surface area (Å²) >= 11 is 5.78. The van der Waals surface area contributed by atoms with Crippen LogP contribution in [-0.2, 0) is 0 Å². The van der Waals surface area contributed by atoms with E-state index in [-0.39, 0.29) is 11.5 Å². The number of nitro groups is 1. The fourth-order valence-electron chi connectivity index (χ4n) is 1.08. The summed E-state index contributed by atoms with van der Waals surface area (Å²) in [4.78, 5) is 13.7. The monoisotopic (exact) mass is 201 g/mol. The van der Waals surface area contributed by atoms with E-state index < -0.39 is 4.92 Å². The van der Waals surface area contributed by atoms with E-state index in [0.29, 0.717) is 16.3 Å². The third-order valence-electron chi connectivity index (χ3n) is 1.72. The number of halogens is 1. The molecule has 0 fully saturated rings. The molecule has 2 N–H and O–H groups in total. The highest BCUT2D eigenvalue weighted by atomic mass is 35.5. The van der Waals surface area contributed by atoms with Crippen LogP contribution in [0.4, 0.5) is 11.5 Å². The first-order valence-electron chi connectivity index (χ1n) is 3.51. The minimum atomic E-state index is -0.580. The zero-order valence-corrected chi connectivity index (χ0v) is 7.92. The summed E-state index contributed by atoms with van der Waals surface area (Å²) in [7, 11) is 0. The van der Waals surface area contributed by atoms with Crippen molar-refractivity contribution in [1.29, 1.82) is 0 Å². The van der Waals surface area contributed by atoms with Crippen molar-refractivity contribution >= 4 is 23.1 Å². The number of rotatable bonds is 1. The zero-order valence-electron chi connectivity index (χ0n) is 7.17. The van der Waals surface area contributed by atoms with Crippen LogP contribution in [0.3, 0.4) is 0 Å². The number of hydrogen-bond donors (Lipinski definition) is 1. The number of nitrogens with two attached hydrogens (primary N) is 1. The Kier molecular flexibility index (Phi) is 2.38. The van der Waals surface area contributed by atoms with Gasteiger partial charge in [-0.3, -0.25) is 10.1 Å². The molecular formula is C7H8ClN3O2. The largest absolute Gasteiger partial charge is 0.378 e. The van der Waals surface area contributed by atoms with Gasteiger partial charge in [0.05, 0.1) is 21.2 Å². The number of nitrogen functional groups attached to an aromatic ring is 1. The van der Waals surface area contributed by atoms with Gasteiger partial charge in [0, 0.05) is 0 Å². The van der Waals surface area contributed by atoms with E-state index in [1.54, 1.807) is 13.8 Å². The summed E-state index contributed by atoms with van der Waals surface area (Å²) in [6.45, 7) is 3.20. The maximum absolute atomic E-state index is 10.5. The van der Waals surface area contributed by atoms with E-state index in [1.165, 1.54) is 0 Å². The number of aromatic nitrogens is 1. The molecule has 0 aliphatic carbocycles. The van der Waals surface area contributed by atoms with E-state index in [4.69, 9.17) is 17.3 Å². The number of aryl methyl sites for hydroxylation is 1. The summed E-state index contributed by atoms with van der Waals surface area (Å²) in [5.74, 6) is -0.0931. The van der Waals surface area contributed by atoms with Crippen LogP contribution in [0.1, 0.15) is 11.3 Å². The number of anilines is 1. The van der Waals surface area contributed by atoms with Crippen LogP contribution in [0.2, 0.25) is 5.02 Å². The van der Waals surface area contributed by atoms with Gasteiger partial charge in [0.2, 0.25) is 5.82 Å². The standard InChI is InChI=1S/C7H8ClN3O2/c1-3-5(8)4(2)10-7(9)6(3)11(12)13/h1-2H3,(H2,9,10). The first-order chi connectivity index (χ1) is 5.95. The zero-order chi connectivity index (χ0) is 10.2. The van der Waals surface area contributed by atoms with Gasteiger partial charge >= 0.3 is 5.69 Å². The molecule has 0 unspecified atom stereocenters. The number of hydrogen-bond acceptors (Lipinski definition) is 4. The molecule has 1 aromatic rings.